The van der Waals surface area contributed by atoms with Gasteiger partial charge in [0.05, 0.1) is 6.04 Å². The van der Waals surface area contributed by atoms with E-state index in [9.17, 15) is 4.79 Å². The minimum atomic E-state index is 0.0807. The molecule has 2 aliphatic heterocycles. The summed E-state index contributed by atoms with van der Waals surface area (Å²) in [6.45, 7) is 10.4. The molecule has 2 rings (SSSR count). The van der Waals surface area contributed by atoms with E-state index in [0.717, 1.165) is 39.0 Å². The average Bonchev–Trinajstić information content (AvgIpc) is 2.48. The maximum Gasteiger partial charge on any atom is 0.240 e. The van der Waals surface area contributed by atoms with Crippen LogP contribution >= 0.6 is 0 Å². The minimum Gasteiger partial charge on any atom is -0.341 e. The van der Waals surface area contributed by atoms with Gasteiger partial charge in [0.25, 0.3) is 0 Å². The van der Waals surface area contributed by atoms with Crippen molar-refractivity contribution in [3.05, 3.63) is 0 Å². The van der Waals surface area contributed by atoms with Gasteiger partial charge in [-0.25, -0.2) is 0 Å². The molecule has 122 valence electrons. The van der Waals surface area contributed by atoms with Crippen LogP contribution in [0.3, 0.4) is 0 Å². The molecule has 2 saturated heterocycles. The Morgan fingerprint density at radius 3 is 2.05 bits per heavy atom. The number of hydrogen-bond donors (Lipinski definition) is 1. The highest BCUT2D eigenvalue weighted by Crippen LogP contribution is 2.24. The molecule has 0 aromatic heterocycles. The average molecular weight is 295 g/mol. The molecule has 0 radical (unpaired) electrons. The molecule has 0 saturated carbocycles. The summed E-state index contributed by atoms with van der Waals surface area (Å²) in [4.78, 5) is 17.5. The lowest BCUT2D eigenvalue weighted by Crippen LogP contribution is -2.54. The molecule has 2 unspecified atom stereocenters. The summed E-state index contributed by atoms with van der Waals surface area (Å²) >= 11 is 0. The van der Waals surface area contributed by atoms with Crippen molar-refractivity contribution >= 4 is 5.91 Å². The van der Waals surface area contributed by atoms with Crippen molar-refractivity contribution in [3.63, 3.8) is 0 Å². The van der Waals surface area contributed by atoms with E-state index in [2.05, 4.69) is 30.6 Å². The first-order valence-electron chi connectivity index (χ1n) is 8.79. The molecule has 2 atom stereocenters. The van der Waals surface area contributed by atoms with Crippen molar-refractivity contribution in [2.24, 2.45) is 17.6 Å². The Kier molecular flexibility index (Phi) is 6.06. The van der Waals surface area contributed by atoms with E-state index in [1.807, 2.05) is 0 Å². The number of piperidine rings is 2. The van der Waals surface area contributed by atoms with Crippen molar-refractivity contribution < 1.29 is 4.79 Å². The van der Waals surface area contributed by atoms with Crippen molar-refractivity contribution in [1.82, 2.24) is 9.80 Å². The fourth-order valence-electron chi connectivity index (χ4n) is 3.89. The molecule has 2 fully saturated rings. The summed E-state index contributed by atoms with van der Waals surface area (Å²) in [5, 5.41) is 0. The Morgan fingerprint density at radius 1 is 1.00 bits per heavy atom. The quantitative estimate of drug-likeness (QED) is 0.864. The number of amides is 1. The molecule has 4 nitrogen and oxygen atoms in total. The van der Waals surface area contributed by atoms with Crippen LogP contribution in [0, 0.1) is 11.8 Å². The lowest BCUT2D eigenvalue weighted by molar-refractivity contribution is -0.140. The van der Waals surface area contributed by atoms with Crippen LogP contribution in [0.1, 0.15) is 52.9 Å². The predicted octanol–water partition coefficient (Wildman–Crippen LogP) is 2.08. The zero-order valence-corrected chi connectivity index (χ0v) is 14.1. The lowest BCUT2D eigenvalue weighted by Gasteiger charge is -2.41. The topological polar surface area (TPSA) is 49.6 Å². The molecule has 21 heavy (non-hydrogen) atoms. The van der Waals surface area contributed by atoms with Crippen LogP contribution in [0.2, 0.25) is 0 Å². The first kappa shape index (κ1) is 16.8. The van der Waals surface area contributed by atoms with Gasteiger partial charge in [-0.05, 0) is 57.5 Å². The van der Waals surface area contributed by atoms with E-state index in [1.54, 1.807) is 0 Å². The predicted molar refractivity (Wildman–Crippen MR) is 87.0 cm³/mol. The lowest BCUT2D eigenvalue weighted by atomic mass is 9.90. The minimum absolute atomic E-state index is 0.0807. The zero-order valence-electron chi connectivity index (χ0n) is 14.1. The molecule has 0 aliphatic carbocycles. The largest absolute Gasteiger partial charge is 0.341 e. The number of hydrogen-bond acceptors (Lipinski definition) is 3. The van der Waals surface area contributed by atoms with E-state index < -0.39 is 0 Å². The second kappa shape index (κ2) is 7.59. The maximum absolute atomic E-state index is 13.0. The normalized spacial score (nSPS) is 25.1. The van der Waals surface area contributed by atoms with Crippen LogP contribution in [0.15, 0.2) is 0 Å². The van der Waals surface area contributed by atoms with E-state index in [-0.39, 0.29) is 12.1 Å². The molecular formula is C17H33N3O. The Balaban J connectivity index is 1.95. The molecular weight excluding hydrogens is 262 g/mol. The monoisotopic (exact) mass is 295 g/mol. The van der Waals surface area contributed by atoms with Gasteiger partial charge in [-0.15, -0.1) is 0 Å². The molecule has 0 aromatic rings. The summed E-state index contributed by atoms with van der Waals surface area (Å²) in [5.74, 6) is 1.33. The van der Waals surface area contributed by atoms with Gasteiger partial charge in [-0.3, -0.25) is 9.69 Å². The third-order valence-electron chi connectivity index (χ3n) is 5.26. The molecule has 2 aliphatic rings. The summed E-state index contributed by atoms with van der Waals surface area (Å²) in [7, 11) is 0. The van der Waals surface area contributed by atoms with Gasteiger partial charge < -0.3 is 10.6 Å². The zero-order chi connectivity index (χ0) is 15.4. The van der Waals surface area contributed by atoms with Gasteiger partial charge >= 0.3 is 0 Å². The number of nitrogens with two attached hydrogens (primary N) is 1. The molecule has 2 heterocycles. The van der Waals surface area contributed by atoms with Crippen LogP contribution < -0.4 is 5.73 Å². The van der Waals surface area contributed by atoms with Crippen molar-refractivity contribution in [2.75, 3.05) is 26.2 Å². The molecule has 0 spiro atoms. The molecule has 0 bridgehead atoms. The number of likely N-dealkylation sites (tertiary alicyclic amines) is 2. The van der Waals surface area contributed by atoms with E-state index >= 15 is 0 Å². The first-order valence-corrected chi connectivity index (χ1v) is 8.79. The Labute approximate surface area is 130 Å². The molecule has 1 amide bonds. The second-order valence-electron chi connectivity index (χ2n) is 7.31. The fraction of sp³-hybridized carbons (Fsp3) is 0.941. The molecule has 2 N–H and O–H groups in total. The van der Waals surface area contributed by atoms with Gasteiger partial charge in [0, 0.05) is 19.1 Å². The van der Waals surface area contributed by atoms with Crippen LogP contribution in [-0.2, 0) is 4.79 Å². The SMILES string of the molecule is CC(C)C(C(=O)N1CCC(C(C)N)CC1)N1CCCCC1. The van der Waals surface area contributed by atoms with Crippen molar-refractivity contribution in [3.8, 4) is 0 Å². The third kappa shape index (κ3) is 4.19. The van der Waals surface area contributed by atoms with Gasteiger partial charge in [-0.2, -0.15) is 0 Å². The maximum atomic E-state index is 13.0. The van der Waals surface area contributed by atoms with Gasteiger partial charge in [0.1, 0.15) is 0 Å². The Hall–Kier alpha value is -0.610. The van der Waals surface area contributed by atoms with E-state index in [0.29, 0.717) is 17.7 Å². The summed E-state index contributed by atoms with van der Waals surface area (Å²) in [5.41, 5.74) is 6.00. The van der Waals surface area contributed by atoms with Crippen LogP contribution in [0.25, 0.3) is 0 Å². The highest BCUT2D eigenvalue weighted by atomic mass is 16.2. The smallest absolute Gasteiger partial charge is 0.240 e. The summed E-state index contributed by atoms with van der Waals surface area (Å²) < 4.78 is 0. The first-order chi connectivity index (χ1) is 10.0. The van der Waals surface area contributed by atoms with Gasteiger partial charge in [0.15, 0.2) is 0 Å². The Bertz CT molecular complexity index is 329. The molecule has 0 aromatic carbocycles. The Morgan fingerprint density at radius 2 is 1.57 bits per heavy atom. The van der Waals surface area contributed by atoms with E-state index in [4.69, 9.17) is 5.73 Å². The van der Waals surface area contributed by atoms with Crippen LogP contribution in [0.5, 0.6) is 0 Å². The number of nitrogens with zero attached hydrogens (tertiary/aromatic N) is 2. The summed E-state index contributed by atoms with van der Waals surface area (Å²) in [6, 6.07) is 0.336. The number of carbonyl (C=O) groups excluding carboxylic acids is 1. The number of carbonyl (C=O) groups is 1. The second-order valence-corrected chi connectivity index (χ2v) is 7.31. The highest BCUT2D eigenvalue weighted by molar-refractivity contribution is 5.82. The van der Waals surface area contributed by atoms with Crippen LogP contribution in [-0.4, -0.2) is 54.0 Å². The standard InChI is InChI=1S/C17H33N3O/c1-13(2)16(19-9-5-4-6-10-19)17(21)20-11-7-15(8-12-20)14(3)18/h13-16H,4-12,18H2,1-3H3. The van der Waals surface area contributed by atoms with Crippen molar-refractivity contribution in [2.45, 2.75) is 65.0 Å². The van der Waals surface area contributed by atoms with Gasteiger partial charge in [0.2, 0.25) is 5.91 Å². The summed E-state index contributed by atoms with van der Waals surface area (Å²) in [6.07, 6.45) is 5.92. The van der Waals surface area contributed by atoms with Crippen molar-refractivity contribution in [1.29, 1.82) is 0 Å². The highest BCUT2D eigenvalue weighted by Gasteiger charge is 2.34. The van der Waals surface area contributed by atoms with Crippen LogP contribution in [0.4, 0.5) is 0 Å². The van der Waals surface area contributed by atoms with Gasteiger partial charge in [-0.1, -0.05) is 20.3 Å². The fourth-order valence-corrected chi connectivity index (χ4v) is 3.89. The third-order valence-corrected chi connectivity index (χ3v) is 5.26. The number of rotatable bonds is 4. The molecule has 4 heteroatoms. The van der Waals surface area contributed by atoms with E-state index in [1.165, 1.54) is 19.3 Å².